The summed E-state index contributed by atoms with van der Waals surface area (Å²) in [5.74, 6) is -2.19. The van der Waals surface area contributed by atoms with Crippen molar-refractivity contribution in [3.05, 3.63) is 35.4 Å². The Balaban J connectivity index is 0.00000289. The van der Waals surface area contributed by atoms with E-state index in [1.807, 2.05) is 0 Å². The van der Waals surface area contributed by atoms with Crippen molar-refractivity contribution in [2.24, 2.45) is 11.7 Å². The van der Waals surface area contributed by atoms with Crippen molar-refractivity contribution in [1.29, 1.82) is 0 Å². The third-order valence-electron chi connectivity index (χ3n) is 2.42. The average molecular weight is 284 g/mol. The zero-order chi connectivity index (χ0) is 13.1. The van der Waals surface area contributed by atoms with Crippen molar-refractivity contribution < 1.29 is 23.1 Å². The van der Waals surface area contributed by atoms with Gasteiger partial charge in [0.1, 0.15) is 0 Å². The van der Waals surface area contributed by atoms with Gasteiger partial charge in [-0.3, -0.25) is 4.79 Å². The minimum Gasteiger partial charge on any atom is -0.481 e. The van der Waals surface area contributed by atoms with Crippen molar-refractivity contribution in [2.75, 3.05) is 6.54 Å². The van der Waals surface area contributed by atoms with Gasteiger partial charge in [-0.2, -0.15) is 13.2 Å². The Labute approximate surface area is 108 Å². The fraction of sp³-hybridized carbons (Fsp3) is 0.364. The third kappa shape index (κ3) is 4.19. The Bertz CT molecular complexity index is 410. The van der Waals surface area contributed by atoms with Crippen molar-refractivity contribution in [3.8, 4) is 0 Å². The zero-order valence-corrected chi connectivity index (χ0v) is 10.1. The van der Waals surface area contributed by atoms with Crippen LogP contribution in [-0.2, 0) is 17.4 Å². The van der Waals surface area contributed by atoms with Crippen molar-refractivity contribution >= 4 is 18.4 Å². The molecule has 102 valence electrons. The Morgan fingerprint density at radius 3 is 2.33 bits per heavy atom. The molecule has 0 aliphatic rings. The summed E-state index contributed by atoms with van der Waals surface area (Å²) in [6.07, 6.45) is -4.70. The second-order valence-electron chi connectivity index (χ2n) is 3.63. The first-order chi connectivity index (χ1) is 7.86. The molecule has 0 bridgehead atoms. The number of carboxylic acid groups (broad SMARTS) is 1. The van der Waals surface area contributed by atoms with Crippen LogP contribution in [0.5, 0.6) is 0 Å². The molecule has 0 saturated carbocycles. The van der Waals surface area contributed by atoms with Gasteiger partial charge in [-0.15, -0.1) is 12.4 Å². The number of aliphatic carboxylic acids is 1. The number of rotatable bonds is 4. The van der Waals surface area contributed by atoms with Crippen LogP contribution in [0.25, 0.3) is 0 Å². The first-order valence-corrected chi connectivity index (χ1v) is 4.94. The molecule has 0 amide bonds. The van der Waals surface area contributed by atoms with Crippen LogP contribution < -0.4 is 5.73 Å². The standard InChI is InChI=1S/C11H12F3NO2.ClH/c12-11(13,14)9-4-2-1-3-7(9)5-8(6-15)10(16)17;/h1-4,8H,5-6,15H2,(H,16,17);1H/t8-;/m1./s1. The second-order valence-corrected chi connectivity index (χ2v) is 3.63. The van der Waals surface area contributed by atoms with E-state index in [4.69, 9.17) is 10.8 Å². The smallest absolute Gasteiger partial charge is 0.416 e. The van der Waals surface area contributed by atoms with Crippen molar-refractivity contribution in [2.45, 2.75) is 12.6 Å². The van der Waals surface area contributed by atoms with Crippen LogP contribution in [-0.4, -0.2) is 17.6 Å². The monoisotopic (exact) mass is 283 g/mol. The summed E-state index contributed by atoms with van der Waals surface area (Å²) < 4.78 is 37.9. The van der Waals surface area contributed by atoms with Gasteiger partial charge < -0.3 is 10.8 Å². The highest BCUT2D eigenvalue weighted by atomic mass is 35.5. The lowest BCUT2D eigenvalue weighted by atomic mass is 9.95. The van der Waals surface area contributed by atoms with Gasteiger partial charge in [0.05, 0.1) is 11.5 Å². The van der Waals surface area contributed by atoms with Gasteiger partial charge in [-0.05, 0) is 18.1 Å². The lowest BCUT2D eigenvalue weighted by Gasteiger charge is -2.15. The fourth-order valence-corrected chi connectivity index (χ4v) is 1.51. The van der Waals surface area contributed by atoms with Gasteiger partial charge in [0.2, 0.25) is 0 Å². The maximum Gasteiger partial charge on any atom is 0.416 e. The lowest BCUT2D eigenvalue weighted by molar-refractivity contribution is -0.143. The summed E-state index contributed by atoms with van der Waals surface area (Å²) in [5.41, 5.74) is 4.37. The predicted octanol–water partition coefficient (Wildman–Crippen LogP) is 2.33. The summed E-state index contributed by atoms with van der Waals surface area (Å²) in [6.45, 7) is -0.193. The van der Waals surface area contributed by atoms with Gasteiger partial charge in [-0.1, -0.05) is 18.2 Å². The van der Waals surface area contributed by atoms with E-state index in [2.05, 4.69) is 0 Å². The van der Waals surface area contributed by atoms with Gasteiger partial charge in [0.25, 0.3) is 0 Å². The molecule has 1 aromatic rings. The Hall–Kier alpha value is -1.27. The number of carbonyl (C=O) groups is 1. The van der Waals surface area contributed by atoms with E-state index in [0.29, 0.717) is 0 Å². The van der Waals surface area contributed by atoms with E-state index in [0.717, 1.165) is 6.07 Å². The van der Waals surface area contributed by atoms with E-state index >= 15 is 0 Å². The van der Waals surface area contributed by atoms with E-state index in [-0.39, 0.29) is 30.9 Å². The third-order valence-corrected chi connectivity index (χ3v) is 2.42. The Morgan fingerprint density at radius 1 is 1.33 bits per heavy atom. The first-order valence-electron chi connectivity index (χ1n) is 4.94. The largest absolute Gasteiger partial charge is 0.481 e. The molecule has 3 N–H and O–H groups in total. The van der Waals surface area contributed by atoms with Gasteiger partial charge in [0, 0.05) is 6.54 Å². The molecule has 0 saturated heterocycles. The molecule has 0 aromatic heterocycles. The molecule has 1 rings (SSSR count). The molecule has 0 aliphatic carbocycles. The van der Waals surface area contributed by atoms with Crippen LogP contribution in [0.4, 0.5) is 13.2 Å². The quantitative estimate of drug-likeness (QED) is 0.891. The number of hydrogen-bond donors (Lipinski definition) is 2. The summed E-state index contributed by atoms with van der Waals surface area (Å²) in [4.78, 5) is 10.7. The minimum atomic E-state index is -4.48. The molecule has 3 nitrogen and oxygen atoms in total. The van der Waals surface area contributed by atoms with Crippen LogP contribution in [0, 0.1) is 5.92 Å². The SMILES string of the molecule is Cl.NC[C@@H](Cc1ccccc1C(F)(F)F)C(=O)O. The maximum absolute atomic E-state index is 12.6. The van der Waals surface area contributed by atoms with Gasteiger partial charge in [0.15, 0.2) is 0 Å². The van der Waals surface area contributed by atoms with Crippen LogP contribution in [0.15, 0.2) is 24.3 Å². The van der Waals surface area contributed by atoms with Gasteiger partial charge in [-0.25, -0.2) is 0 Å². The molecule has 0 fully saturated rings. The Morgan fingerprint density at radius 2 is 1.89 bits per heavy atom. The number of benzene rings is 1. The molecule has 1 aromatic carbocycles. The first kappa shape index (κ1) is 16.7. The lowest BCUT2D eigenvalue weighted by Crippen LogP contribution is -2.26. The van der Waals surface area contributed by atoms with E-state index in [1.54, 1.807) is 0 Å². The second kappa shape index (κ2) is 6.61. The van der Waals surface area contributed by atoms with E-state index in [9.17, 15) is 18.0 Å². The van der Waals surface area contributed by atoms with Crippen LogP contribution in [0.1, 0.15) is 11.1 Å². The highest BCUT2D eigenvalue weighted by Gasteiger charge is 2.33. The van der Waals surface area contributed by atoms with Crippen LogP contribution in [0.3, 0.4) is 0 Å². The van der Waals surface area contributed by atoms with Crippen molar-refractivity contribution in [1.82, 2.24) is 0 Å². The number of nitrogens with two attached hydrogens (primary N) is 1. The molecular weight excluding hydrogens is 271 g/mol. The van der Waals surface area contributed by atoms with Crippen LogP contribution in [0.2, 0.25) is 0 Å². The zero-order valence-electron chi connectivity index (χ0n) is 9.28. The minimum absolute atomic E-state index is 0. The number of carboxylic acids is 1. The summed E-state index contributed by atoms with van der Waals surface area (Å²) in [6, 6.07) is 4.92. The highest BCUT2D eigenvalue weighted by molar-refractivity contribution is 5.85. The van der Waals surface area contributed by atoms with E-state index < -0.39 is 23.6 Å². The molecule has 0 unspecified atom stereocenters. The predicted molar refractivity (Wildman–Crippen MR) is 62.6 cm³/mol. The molecule has 1 atom stereocenters. The Kier molecular flexibility index (Phi) is 6.14. The topological polar surface area (TPSA) is 63.3 Å². The number of hydrogen-bond acceptors (Lipinski definition) is 2. The molecule has 18 heavy (non-hydrogen) atoms. The average Bonchev–Trinajstić information content (AvgIpc) is 2.24. The fourth-order valence-electron chi connectivity index (χ4n) is 1.51. The number of halogens is 4. The molecule has 0 radical (unpaired) electrons. The highest BCUT2D eigenvalue weighted by Crippen LogP contribution is 2.32. The normalized spacial score (nSPS) is 12.7. The molecular formula is C11H13ClF3NO2. The summed E-state index contributed by atoms with van der Waals surface area (Å²) in [5, 5.41) is 8.77. The van der Waals surface area contributed by atoms with Crippen molar-refractivity contribution in [3.63, 3.8) is 0 Å². The van der Waals surface area contributed by atoms with E-state index in [1.165, 1.54) is 18.2 Å². The summed E-state index contributed by atoms with van der Waals surface area (Å²) >= 11 is 0. The number of alkyl halides is 3. The summed E-state index contributed by atoms with van der Waals surface area (Å²) in [7, 11) is 0. The molecule has 7 heteroatoms. The molecule has 0 heterocycles. The van der Waals surface area contributed by atoms with Gasteiger partial charge >= 0.3 is 12.1 Å². The van der Waals surface area contributed by atoms with Crippen LogP contribution >= 0.6 is 12.4 Å². The maximum atomic E-state index is 12.6. The molecule has 0 aliphatic heterocycles. The molecule has 0 spiro atoms.